The zero-order valence-electron chi connectivity index (χ0n) is 14.2. The van der Waals surface area contributed by atoms with Crippen LogP contribution in [0.25, 0.3) is 0 Å². The Labute approximate surface area is 151 Å². The normalized spacial score (nSPS) is 15.4. The van der Waals surface area contributed by atoms with Gasteiger partial charge >= 0.3 is 11.9 Å². The molecule has 0 spiro atoms. The standard InChI is InChI=1S/C20H20O6/c21-18(22)14-3-7-16(8-4-14)25-13-20(11-1-2-12-20)26-17-9-5-15(6-10-17)19(23)24/h3-10H,1-2,11-13H2,(H,21,22)(H,23,24). The van der Waals surface area contributed by atoms with E-state index in [0.29, 0.717) is 18.1 Å². The van der Waals surface area contributed by atoms with Crippen molar-refractivity contribution in [2.45, 2.75) is 31.3 Å². The number of carbonyl (C=O) groups is 2. The number of benzene rings is 2. The summed E-state index contributed by atoms with van der Waals surface area (Å²) >= 11 is 0. The first-order valence-corrected chi connectivity index (χ1v) is 8.46. The van der Waals surface area contributed by atoms with Gasteiger partial charge in [0.1, 0.15) is 23.7 Å². The second-order valence-corrected chi connectivity index (χ2v) is 6.44. The van der Waals surface area contributed by atoms with Crippen LogP contribution in [0.15, 0.2) is 48.5 Å². The number of ether oxygens (including phenoxy) is 2. The SMILES string of the molecule is O=C(O)c1ccc(OCC2(Oc3ccc(C(=O)O)cc3)CCCC2)cc1. The molecule has 0 saturated heterocycles. The van der Waals surface area contributed by atoms with Crippen molar-refractivity contribution in [3.63, 3.8) is 0 Å². The van der Waals surface area contributed by atoms with Crippen molar-refractivity contribution in [3.05, 3.63) is 59.7 Å². The van der Waals surface area contributed by atoms with Crippen LogP contribution >= 0.6 is 0 Å². The molecule has 26 heavy (non-hydrogen) atoms. The zero-order valence-corrected chi connectivity index (χ0v) is 14.2. The molecule has 0 unspecified atom stereocenters. The highest BCUT2D eigenvalue weighted by atomic mass is 16.5. The summed E-state index contributed by atoms with van der Waals surface area (Å²) in [5, 5.41) is 17.9. The van der Waals surface area contributed by atoms with E-state index in [1.165, 1.54) is 24.3 Å². The third-order valence-electron chi connectivity index (χ3n) is 4.55. The van der Waals surface area contributed by atoms with E-state index in [1.807, 2.05) is 0 Å². The van der Waals surface area contributed by atoms with E-state index in [4.69, 9.17) is 19.7 Å². The van der Waals surface area contributed by atoms with Gasteiger partial charge in [-0.2, -0.15) is 0 Å². The van der Waals surface area contributed by atoms with Crippen LogP contribution in [0, 0.1) is 0 Å². The van der Waals surface area contributed by atoms with Crippen molar-refractivity contribution < 1.29 is 29.3 Å². The van der Waals surface area contributed by atoms with Crippen LogP contribution in [0.5, 0.6) is 11.5 Å². The predicted molar refractivity (Wildman–Crippen MR) is 94.1 cm³/mol. The summed E-state index contributed by atoms with van der Waals surface area (Å²) in [5.41, 5.74) is -0.0359. The second kappa shape index (κ2) is 7.47. The molecule has 1 aliphatic carbocycles. The maximum Gasteiger partial charge on any atom is 0.335 e. The van der Waals surface area contributed by atoms with Crippen LogP contribution < -0.4 is 9.47 Å². The molecule has 6 nitrogen and oxygen atoms in total. The number of rotatable bonds is 7. The van der Waals surface area contributed by atoms with Crippen molar-refractivity contribution >= 4 is 11.9 Å². The monoisotopic (exact) mass is 356 g/mol. The minimum Gasteiger partial charge on any atom is -0.489 e. The number of carboxylic acid groups (broad SMARTS) is 2. The highest BCUT2D eigenvalue weighted by molar-refractivity contribution is 5.88. The van der Waals surface area contributed by atoms with Gasteiger partial charge in [-0.3, -0.25) is 0 Å². The molecule has 0 amide bonds. The van der Waals surface area contributed by atoms with Gasteiger partial charge in [0, 0.05) is 0 Å². The summed E-state index contributed by atoms with van der Waals surface area (Å²) in [5.74, 6) is -0.745. The lowest BCUT2D eigenvalue weighted by molar-refractivity contribution is 0.0251. The Kier molecular flexibility index (Phi) is 5.11. The number of hydrogen-bond donors (Lipinski definition) is 2. The van der Waals surface area contributed by atoms with E-state index in [0.717, 1.165) is 25.7 Å². The molecule has 2 N–H and O–H groups in total. The van der Waals surface area contributed by atoms with Gasteiger partial charge in [-0.1, -0.05) is 0 Å². The molecule has 0 bridgehead atoms. The van der Waals surface area contributed by atoms with Gasteiger partial charge in [0.2, 0.25) is 0 Å². The molecule has 136 valence electrons. The van der Waals surface area contributed by atoms with Crippen LogP contribution in [0.4, 0.5) is 0 Å². The summed E-state index contributed by atoms with van der Waals surface area (Å²) in [4.78, 5) is 21.8. The second-order valence-electron chi connectivity index (χ2n) is 6.44. The zero-order chi connectivity index (χ0) is 18.6. The Morgan fingerprint density at radius 3 is 1.73 bits per heavy atom. The minimum atomic E-state index is -0.975. The molecule has 2 aromatic rings. The number of carboxylic acids is 2. The van der Waals surface area contributed by atoms with Gasteiger partial charge in [-0.15, -0.1) is 0 Å². The van der Waals surface area contributed by atoms with Crippen molar-refractivity contribution in [2.75, 3.05) is 6.61 Å². The lowest BCUT2D eigenvalue weighted by Crippen LogP contribution is -2.39. The molecule has 3 rings (SSSR count). The lowest BCUT2D eigenvalue weighted by atomic mass is 10.0. The van der Waals surface area contributed by atoms with E-state index < -0.39 is 17.5 Å². The highest BCUT2D eigenvalue weighted by Gasteiger charge is 2.37. The summed E-state index contributed by atoms with van der Waals surface area (Å²) in [7, 11) is 0. The third-order valence-corrected chi connectivity index (χ3v) is 4.55. The molecule has 6 heteroatoms. The van der Waals surface area contributed by atoms with E-state index in [2.05, 4.69) is 0 Å². The van der Waals surface area contributed by atoms with E-state index in [9.17, 15) is 9.59 Å². The number of hydrogen-bond acceptors (Lipinski definition) is 4. The quantitative estimate of drug-likeness (QED) is 0.783. The lowest BCUT2D eigenvalue weighted by Gasteiger charge is -2.30. The van der Waals surface area contributed by atoms with Gasteiger partial charge in [0.15, 0.2) is 0 Å². The van der Waals surface area contributed by atoms with Crippen LogP contribution in [0.2, 0.25) is 0 Å². The van der Waals surface area contributed by atoms with Crippen molar-refractivity contribution in [1.82, 2.24) is 0 Å². The maximum absolute atomic E-state index is 10.9. The summed E-state index contributed by atoms with van der Waals surface area (Å²) in [6.45, 7) is 0.347. The summed E-state index contributed by atoms with van der Waals surface area (Å²) in [6, 6.07) is 12.6. The predicted octanol–water partition coefficient (Wildman–Crippen LogP) is 3.85. The fourth-order valence-corrected chi connectivity index (χ4v) is 3.12. The van der Waals surface area contributed by atoms with Gasteiger partial charge in [-0.25, -0.2) is 9.59 Å². The fraction of sp³-hybridized carbons (Fsp3) is 0.300. The molecule has 1 aliphatic rings. The minimum absolute atomic E-state index is 0.211. The topological polar surface area (TPSA) is 93.1 Å². The Morgan fingerprint density at radius 2 is 1.27 bits per heavy atom. The molecular formula is C20H20O6. The third kappa shape index (κ3) is 4.14. The molecule has 0 aromatic heterocycles. The Bertz CT molecular complexity index is 773. The maximum atomic E-state index is 10.9. The van der Waals surface area contributed by atoms with E-state index >= 15 is 0 Å². The Balaban J connectivity index is 1.67. The van der Waals surface area contributed by atoms with Crippen molar-refractivity contribution in [1.29, 1.82) is 0 Å². The first-order valence-electron chi connectivity index (χ1n) is 8.46. The first-order chi connectivity index (χ1) is 12.5. The highest BCUT2D eigenvalue weighted by Crippen LogP contribution is 2.35. The first kappa shape index (κ1) is 17.8. The Morgan fingerprint density at radius 1 is 0.808 bits per heavy atom. The largest absolute Gasteiger partial charge is 0.489 e. The Hall–Kier alpha value is -3.02. The van der Waals surface area contributed by atoms with Crippen LogP contribution in [-0.4, -0.2) is 34.4 Å². The van der Waals surface area contributed by atoms with Crippen molar-refractivity contribution in [2.24, 2.45) is 0 Å². The average Bonchev–Trinajstić information content (AvgIpc) is 3.09. The molecule has 0 atom stereocenters. The molecule has 1 fully saturated rings. The van der Waals surface area contributed by atoms with E-state index in [-0.39, 0.29) is 11.1 Å². The van der Waals surface area contributed by atoms with E-state index in [1.54, 1.807) is 24.3 Å². The van der Waals surface area contributed by atoms with Gasteiger partial charge in [0.05, 0.1) is 11.1 Å². The van der Waals surface area contributed by atoms with Gasteiger partial charge < -0.3 is 19.7 Å². The van der Waals surface area contributed by atoms with Gasteiger partial charge in [0.25, 0.3) is 0 Å². The molecule has 0 radical (unpaired) electrons. The van der Waals surface area contributed by atoms with Crippen LogP contribution in [0.3, 0.4) is 0 Å². The van der Waals surface area contributed by atoms with Crippen LogP contribution in [0.1, 0.15) is 46.4 Å². The molecule has 2 aromatic carbocycles. The molecule has 0 aliphatic heterocycles. The summed E-state index contributed by atoms with van der Waals surface area (Å²) in [6.07, 6.45) is 3.77. The number of aromatic carboxylic acids is 2. The average molecular weight is 356 g/mol. The summed E-state index contributed by atoms with van der Waals surface area (Å²) < 4.78 is 12.0. The smallest absolute Gasteiger partial charge is 0.335 e. The molecular weight excluding hydrogens is 336 g/mol. The molecule has 0 heterocycles. The molecule has 1 saturated carbocycles. The van der Waals surface area contributed by atoms with Gasteiger partial charge in [-0.05, 0) is 74.2 Å². The van der Waals surface area contributed by atoms with Crippen LogP contribution in [-0.2, 0) is 0 Å². The van der Waals surface area contributed by atoms with Crippen molar-refractivity contribution in [3.8, 4) is 11.5 Å². The fourth-order valence-electron chi connectivity index (χ4n) is 3.12.